The summed E-state index contributed by atoms with van der Waals surface area (Å²) in [6.45, 7) is 5.75. The van der Waals surface area contributed by atoms with Crippen molar-refractivity contribution in [3.63, 3.8) is 0 Å². The van der Waals surface area contributed by atoms with Gasteiger partial charge in [-0.2, -0.15) is 0 Å². The number of rotatable bonds is 15. The summed E-state index contributed by atoms with van der Waals surface area (Å²) in [5, 5.41) is 0. The molecule has 1 aliphatic rings. The maximum absolute atomic E-state index is 12.6. The van der Waals surface area contributed by atoms with E-state index in [9.17, 15) is 9.59 Å². The molecule has 0 aliphatic carbocycles. The molecular weight excluding hydrogens is 354 g/mol. The highest BCUT2D eigenvalue weighted by molar-refractivity contribution is 5.92. The average Bonchev–Trinajstić information content (AvgIpc) is 2.97. The maximum atomic E-state index is 12.6. The highest BCUT2D eigenvalue weighted by atomic mass is 16.8. The van der Waals surface area contributed by atoms with Gasteiger partial charge in [-0.15, -0.1) is 0 Å². The largest absolute Gasteiger partial charge is 0.346 e. The van der Waals surface area contributed by atoms with Gasteiger partial charge in [-0.3, -0.25) is 9.59 Å². The minimum atomic E-state index is -0.896. The van der Waals surface area contributed by atoms with E-state index in [1.165, 1.54) is 69.1 Å². The summed E-state index contributed by atoms with van der Waals surface area (Å²) in [5.41, 5.74) is 0. The number of Topliss-reactive ketones (excluding diaryl/α,β-unsaturated/α-hetero) is 1. The van der Waals surface area contributed by atoms with Gasteiger partial charge in [0.15, 0.2) is 23.8 Å². The molecule has 1 saturated heterocycles. The van der Waals surface area contributed by atoms with Crippen molar-refractivity contribution in [3.8, 4) is 0 Å². The molecule has 0 aromatic rings. The van der Waals surface area contributed by atoms with Crippen LogP contribution in [0.15, 0.2) is 0 Å². The Labute approximate surface area is 172 Å². The predicted molar refractivity (Wildman–Crippen MR) is 113 cm³/mol. The minimum absolute atomic E-state index is 0.0159. The van der Waals surface area contributed by atoms with Crippen molar-refractivity contribution in [1.29, 1.82) is 0 Å². The summed E-state index contributed by atoms with van der Waals surface area (Å²) in [4.78, 5) is 26.3. The first kappa shape index (κ1) is 25.1. The number of carbonyl (C=O) groups is 2. The lowest BCUT2D eigenvalue weighted by atomic mass is 10.0. The number of unbranched alkanes of at least 4 members (excludes halogenated alkanes) is 11. The van der Waals surface area contributed by atoms with Crippen molar-refractivity contribution >= 4 is 11.7 Å². The van der Waals surface area contributed by atoms with Crippen molar-refractivity contribution in [2.75, 3.05) is 14.1 Å². The van der Waals surface area contributed by atoms with Crippen molar-refractivity contribution in [3.05, 3.63) is 0 Å². The molecule has 0 spiro atoms. The SMILES string of the molecule is CCCCCCCCCCCCCCC(=O)[C@H]1OC(C)(C)O[C@@H]1C(=O)N(C)C. The summed E-state index contributed by atoms with van der Waals surface area (Å²) < 4.78 is 11.4. The molecule has 0 unspecified atom stereocenters. The van der Waals surface area contributed by atoms with Gasteiger partial charge in [-0.25, -0.2) is 0 Å². The Balaban J connectivity index is 2.14. The molecule has 0 bridgehead atoms. The monoisotopic (exact) mass is 397 g/mol. The summed E-state index contributed by atoms with van der Waals surface area (Å²) in [5.74, 6) is -1.12. The number of ketones is 1. The van der Waals surface area contributed by atoms with Crippen LogP contribution in [0.5, 0.6) is 0 Å². The van der Waals surface area contributed by atoms with Crippen molar-refractivity contribution in [2.24, 2.45) is 0 Å². The van der Waals surface area contributed by atoms with Crippen LogP contribution in [0.25, 0.3) is 0 Å². The number of ether oxygens (including phenoxy) is 2. The zero-order valence-electron chi connectivity index (χ0n) is 18.9. The molecule has 5 nitrogen and oxygen atoms in total. The predicted octanol–water partition coefficient (Wildman–Crippen LogP) is 5.26. The molecule has 1 aliphatic heterocycles. The first-order chi connectivity index (χ1) is 13.3. The van der Waals surface area contributed by atoms with Crippen LogP contribution in [0, 0.1) is 0 Å². The van der Waals surface area contributed by atoms with E-state index in [4.69, 9.17) is 9.47 Å². The zero-order valence-corrected chi connectivity index (χ0v) is 18.9. The van der Waals surface area contributed by atoms with Crippen LogP contribution in [0.4, 0.5) is 0 Å². The normalized spacial score (nSPS) is 21.0. The van der Waals surface area contributed by atoms with Crippen LogP contribution in [0.1, 0.15) is 104 Å². The Morgan fingerprint density at radius 2 is 1.18 bits per heavy atom. The van der Waals surface area contributed by atoms with Gasteiger partial charge < -0.3 is 14.4 Å². The number of nitrogens with zero attached hydrogens (tertiary/aromatic N) is 1. The number of hydrogen-bond acceptors (Lipinski definition) is 4. The third kappa shape index (κ3) is 9.51. The Kier molecular flexibility index (Phi) is 11.9. The fourth-order valence-electron chi connectivity index (χ4n) is 3.71. The molecule has 2 atom stereocenters. The number of carbonyl (C=O) groups excluding carboxylic acids is 2. The number of likely N-dealkylation sites (N-methyl/N-ethyl adjacent to an activating group) is 1. The fourth-order valence-corrected chi connectivity index (χ4v) is 3.71. The third-order valence-electron chi connectivity index (χ3n) is 5.37. The molecule has 1 fully saturated rings. The molecule has 0 radical (unpaired) electrons. The number of amides is 1. The molecule has 5 heteroatoms. The van der Waals surface area contributed by atoms with Gasteiger partial charge in [0.1, 0.15) is 0 Å². The van der Waals surface area contributed by atoms with Crippen molar-refractivity contribution in [1.82, 2.24) is 4.90 Å². The summed E-state index contributed by atoms with van der Waals surface area (Å²) in [6.07, 6.45) is 14.0. The molecule has 0 saturated carbocycles. The highest BCUT2D eigenvalue weighted by Crippen LogP contribution is 2.30. The van der Waals surface area contributed by atoms with E-state index in [0.717, 1.165) is 12.8 Å². The van der Waals surface area contributed by atoms with Crippen LogP contribution in [-0.2, 0) is 19.1 Å². The van der Waals surface area contributed by atoms with Crippen molar-refractivity contribution in [2.45, 2.75) is 122 Å². The van der Waals surface area contributed by atoms with E-state index >= 15 is 0 Å². The maximum Gasteiger partial charge on any atom is 0.254 e. The molecule has 0 aromatic carbocycles. The van der Waals surface area contributed by atoms with E-state index < -0.39 is 18.0 Å². The molecule has 28 heavy (non-hydrogen) atoms. The smallest absolute Gasteiger partial charge is 0.254 e. The molecule has 0 N–H and O–H groups in total. The first-order valence-electron chi connectivity index (χ1n) is 11.4. The number of hydrogen-bond donors (Lipinski definition) is 0. The van der Waals surface area contributed by atoms with Gasteiger partial charge >= 0.3 is 0 Å². The van der Waals surface area contributed by atoms with E-state index in [-0.39, 0.29) is 11.7 Å². The molecule has 164 valence electrons. The van der Waals surface area contributed by atoms with Gasteiger partial charge in [-0.05, 0) is 20.3 Å². The van der Waals surface area contributed by atoms with Crippen LogP contribution >= 0.6 is 0 Å². The molecule has 0 aromatic heterocycles. The molecule has 1 heterocycles. The molecule has 1 amide bonds. The second-order valence-corrected chi connectivity index (χ2v) is 8.81. The summed E-state index contributed by atoms with van der Waals surface area (Å²) in [7, 11) is 3.34. The zero-order chi connectivity index (χ0) is 21.0. The second-order valence-electron chi connectivity index (χ2n) is 8.81. The summed E-state index contributed by atoms with van der Waals surface area (Å²) >= 11 is 0. The van der Waals surface area contributed by atoms with E-state index in [1.807, 2.05) is 0 Å². The van der Waals surface area contributed by atoms with Crippen LogP contribution in [-0.4, -0.2) is 48.7 Å². The molecular formula is C23H43NO4. The lowest BCUT2D eigenvalue weighted by Crippen LogP contribution is -2.43. The van der Waals surface area contributed by atoms with E-state index in [0.29, 0.717) is 6.42 Å². The Morgan fingerprint density at radius 3 is 1.64 bits per heavy atom. The average molecular weight is 398 g/mol. The second kappa shape index (κ2) is 13.3. The van der Waals surface area contributed by atoms with E-state index in [2.05, 4.69) is 6.92 Å². The van der Waals surface area contributed by atoms with E-state index in [1.54, 1.807) is 27.9 Å². The third-order valence-corrected chi connectivity index (χ3v) is 5.37. The lowest BCUT2D eigenvalue weighted by Gasteiger charge is -2.19. The Morgan fingerprint density at radius 1 is 0.750 bits per heavy atom. The minimum Gasteiger partial charge on any atom is -0.346 e. The lowest BCUT2D eigenvalue weighted by molar-refractivity contribution is -0.161. The standard InChI is InChI=1S/C23H43NO4/c1-6-7-8-9-10-11-12-13-14-15-16-17-18-19(25)20-21(22(26)24(4)5)28-23(2,3)27-20/h20-21H,6-18H2,1-5H3/t20-,21+/m1/s1. The van der Waals surface area contributed by atoms with Crippen LogP contribution < -0.4 is 0 Å². The van der Waals surface area contributed by atoms with Gasteiger partial charge in [-0.1, -0.05) is 77.6 Å². The topological polar surface area (TPSA) is 55.8 Å². The van der Waals surface area contributed by atoms with Crippen molar-refractivity contribution < 1.29 is 19.1 Å². The molecule has 1 rings (SSSR count). The van der Waals surface area contributed by atoms with Gasteiger partial charge in [0.05, 0.1) is 0 Å². The van der Waals surface area contributed by atoms with Gasteiger partial charge in [0.25, 0.3) is 5.91 Å². The highest BCUT2D eigenvalue weighted by Gasteiger charge is 2.48. The Bertz CT molecular complexity index is 462. The Hall–Kier alpha value is -0.940. The van der Waals surface area contributed by atoms with Crippen LogP contribution in [0.3, 0.4) is 0 Å². The summed E-state index contributed by atoms with van der Waals surface area (Å²) in [6, 6.07) is 0. The van der Waals surface area contributed by atoms with Gasteiger partial charge in [0.2, 0.25) is 0 Å². The fraction of sp³-hybridized carbons (Fsp3) is 0.913. The quantitative estimate of drug-likeness (QED) is 0.354. The first-order valence-corrected chi connectivity index (χ1v) is 11.4. The van der Waals surface area contributed by atoms with Crippen LogP contribution in [0.2, 0.25) is 0 Å². The van der Waals surface area contributed by atoms with Gasteiger partial charge in [0, 0.05) is 20.5 Å².